The first-order chi connectivity index (χ1) is 12.1. The summed E-state index contributed by atoms with van der Waals surface area (Å²) in [6.07, 6.45) is 4.09. The molecule has 1 aliphatic carbocycles. The smallest absolute Gasteiger partial charge is 0.229 e. The zero-order chi connectivity index (χ0) is 17.4. The van der Waals surface area contributed by atoms with Crippen molar-refractivity contribution < 1.29 is 0 Å². The lowest BCUT2D eigenvalue weighted by Gasteiger charge is -2.21. The molecular formula is C18H21N7. The fourth-order valence-electron chi connectivity index (χ4n) is 3.63. The third-order valence-electron chi connectivity index (χ3n) is 4.78. The molecule has 1 aromatic carbocycles. The molecule has 2 heterocycles. The maximum atomic E-state index is 9.11. The van der Waals surface area contributed by atoms with E-state index in [1.165, 1.54) is 5.56 Å². The summed E-state index contributed by atoms with van der Waals surface area (Å²) in [4.78, 5) is 11.7. The Balaban J connectivity index is 1.69. The molecule has 5 N–H and O–H groups in total. The van der Waals surface area contributed by atoms with E-state index in [0.717, 1.165) is 56.0 Å². The molecule has 2 aromatic rings. The Labute approximate surface area is 146 Å². The van der Waals surface area contributed by atoms with Gasteiger partial charge in [-0.2, -0.15) is 10.2 Å². The van der Waals surface area contributed by atoms with Gasteiger partial charge in [0.25, 0.3) is 0 Å². The molecule has 1 aliphatic heterocycles. The summed E-state index contributed by atoms with van der Waals surface area (Å²) in [6, 6.07) is 7.49. The van der Waals surface area contributed by atoms with Gasteiger partial charge in [-0.15, -0.1) is 0 Å². The van der Waals surface area contributed by atoms with Crippen molar-refractivity contribution in [3.63, 3.8) is 0 Å². The number of aryl methyl sites for hydroxylation is 1. The maximum Gasteiger partial charge on any atom is 0.229 e. The molecule has 0 radical (unpaired) electrons. The minimum Gasteiger partial charge on any atom is -0.399 e. The molecule has 1 saturated heterocycles. The van der Waals surface area contributed by atoms with Crippen LogP contribution >= 0.6 is 0 Å². The first-order valence-electron chi connectivity index (χ1n) is 8.60. The predicted octanol–water partition coefficient (Wildman–Crippen LogP) is 1.70. The van der Waals surface area contributed by atoms with Gasteiger partial charge in [-0.3, -0.25) is 0 Å². The van der Waals surface area contributed by atoms with Crippen LogP contribution in [-0.4, -0.2) is 29.1 Å². The number of benzene rings is 1. The second kappa shape index (κ2) is 6.22. The molecule has 1 fully saturated rings. The Morgan fingerprint density at radius 3 is 2.88 bits per heavy atom. The lowest BCUT2D eigenvalue weighted by Crippen LogP contribution is -2.28. The zero-order valence-electron chi connectivity index (χ0n) is 14.0. The topological polar surface area (TPSA) is 117 Å². The molecule has 0 bridgehead atoms. The largest absolute Gasteiger partial charge is 0.399 e. The third-order valence-corrected chi connectivity index (χ3v) is 4.78. The molecule has 0 saturated carbocycles. The first-order valence-corrected chi connectivity index (χ1v) is 8.60. The van der Waals surface area contributed by atoms with Gasteiger partial charge in [-0.05, 0) is 43.9 Å². The van der Waals surface area contributed by atoms with E-state index >= 15 is 0 Å². The van der Waals surface area contributed by atoms with Gasteiger partial charge in [0.15, 0.2) is 0 Å². The van der Waals surface area contributed by atoms with E-state index in [1.54, 1.807) is 18.2 Å². The molecule has 0 amide bonds. The van der Waals surface area contributed by atoms with Crippen LogP contribution in [0, 0.1) is 11.3 Å². The average molecular weight is 335 g/mol. The SMILES string of the molecule is N#Cc1cc(N)cc(Nc2nc3c(c(N4CCC(N)C4)n2)CCC3)c1. The summed E-state index contributed by atoms with van der Waals surface area (Å²) in [5.74, 6) is 1.55. The first kappa shape index (κ1) is 15.7. The van der Waals surface area contributed by atoms with Crippen molar-refractivity contribution in [1.29, 1.82) is 5.26 Å². The van der Waals surface area contributed by atoms with Crippen LogP contribution in [0.15, 0.2) is 18.2 Å². The number of fused-ring (bicyclic) bond motifs is 1. The van der Waals surface area contributed by atoms with Gasteiger partial charge in [0.2, 0.25) is 5.95 Å². The molecule has 7 nitrogen and oxygen atoms in total. The Kier molecular flexibility index (Phi) is 3.90. The summed E-state index contributed by atoms with van der Waals surface area (Å²) in [5.41, 5.74) is 16.1. The second-order valence-electron chi connectivity index (χ2n) is 6.72. The van der Waals surface area contributed by atoms with Crippen molar-refractivity contribution in [3.8, 4) is 6.07 Å². The number of nitrogens with zero attached hydrogens (tertiary/aromatic N) is 4. The number of rotatable bonds is 3. The number of nitriles is 1. The van der Waals surface area contributed by atoms with E-state index < -0.39 is 0 Å². The zero-order valence-corrected chi connectivity index (χ0v) is 14.0. The van der Waals surface area contributed by atoms with Gasteiger partial charge >= 0.3 is 0 Å². The van der Waals surface area contributed by atoms with Crippen LogP contribution in [0.5, 0.6) is 0 Å². The van der Waals surface area contributed by atoms with Crippen LogP contribution in [0.4, 0.5) is 23.1 Å². The number of nitrogen functional groups attached to an aromatic ring is 1. The van der Waals surface area contributed by atoms with Crippen LogP contribution in [0.2, 0.25) is 0 Å². The van der Waals surface area contributed by atoms with Crippen LogP contribution in [0.3, 0.4) is 0 Å². The summed E-state index contributed by atoms with van der Waals surface area (Å²) in [6.45, 7) is 1.76. The van der Waals surface area contributed by atoms with Gasteiger partial charge in [-0.25, -0.2) is 4.98 Å². The predicted molar refractivity (Wildman–Crippen MR) is 97.7 cm³/mol. The molecule has 0 spiro atoms. The highest BCUT2D eigenvalue weighted by Gasteiger charge is 2.27. The average Bonchev–Trinajstić information content (AvgIpc) is 3.22. The lowest BCUT2D eigenvalue weighted by atomic mass is 10.2. The van der Waals surface area contributed by atoms with E-state index in [9.17, 15) is 0 Å². The molecule has 2 aliphatic rings. The second-order valence-corrected chi connectivity index (χ2v) is 6.72. The molecule has 1 unspecified atom stereocenters. The van der Waals surface area contributed by atoms with E-state index in [-0.39, 0.29) is 6.04 Å². The van der Waals surface area contributed by atoms with Crippen molar-refractivity contribution in [2.24, 2.45) is 5.73 Å². The quantitative estimate of drug-likeness (QED) is 0.731. The van der Waals surface area contributed by atoms with E-state index in [1.807, 2.05) is 0 Å². The van der Waals surface area contributed by atoms with Crippen molar-refractivity contribution in [2.45, 2.75) is 31.7 Å². The van der Waals surface area contributed by atoms with E-state index in [2.05, 4.69) is 21.3 Å². The molecular weight excluding hydrogens is 314 g/mol. The maximum absolute atomic E-state index is 9.11. The van der Waals surface area contributed by atoms with Crippen molar-refractivity contribution >= 4 is 23.1 Å². The van der Waals surface area contributed by atoms with E-state index in [4.69, 9.17) is 21.7 Å². The number of nitrogens with one attached hydrogen (secondary N) is 1. The van der Waals surface area contributed by atoms with E-state index in [0.29, 0.717) is 17.2 Å². The van der Waals surface area contributed by atoms with Gasteiger partial charge in [-0.1, -0.05) is 0 Å². The van der Waals surface area contributed by atoms with Crippen molar-refractivity contribution in [3.05, 3.63) is 35.0 Å². The summed E-state index contributed by atoms with van der Waals surface area (Å²) < 4.78 is 0. The fourth-order valence-corrected chi connectivity index (χ4v) is 3.63. The number of nitrogens with two attached hydrogens (primary N) is 2. The Morgan fingerprint density at radius 2 is 2.12 bits per heavy atom. The highest BCUT2D eigenvalue weighted by atomic mass is 15.3. The third kappa shape index (κ3) is 3.08. The molecule has 128 valence electrons. The molecule has 7 heteroatoms. The summed E-state index contributed by atoms with van der Waals surface area (Å²) in [7, 11) is 0. The Hall–Kier alpha value is -2.85. The van der Waals surface area contributed by atoms with Crippen LogP contribution < -0.4 is 21.7 Å². The molecule has 4 rings (SSSR count). The van der Waals surface area contributed by atoms with Gasteiger partial charge in [0.1, 0.15) is 5.82 Å². The summed E-state index contributed by atoms with van der Waals surface area (Å²) in [5, 5.41) is 12.3. The van der Waals surface area contributed by atoms with Crippen LogP contribution in [0.1, 0.15) is 29.7 Å². The Bertz CT molecular complexity index is 855. The van der Waals surface area contributed by atoms with Crippen LogP contribution in [-0.2, 0) is 12.8 Å². The number of hydrogen-bond acceptors (Lipinski definition) is 7. The molecule has 25 heavy (non-hydrogen) atoms. The lowest BCUT2D eigenvalue weighted by molar-refractivity contribution is 0.751. The fraction of sp³-hybridized carbons (Fsp3) is 0.389. The van der Waals surface area contributed by atoms with Gasteiger partial charge in [0.05, 0.1) is 17.3 Å². The number of hydrogen-bond donors (Lipinski definition) is 3. The minimum absolute atomic E-state index is 0.204. The van der Waals surface area contributed by atoms with Gasteiger partial charge < -0.3 is 21.7 Å². The highest BCUT2D eigenvalue weighted by molar-refractivity contribution is 5.65. The van der Waals surface area contributed by atoms with Gasteiger partial charge in [0, 0.05) is 36.1 Å². The number of anilines is 4. The normalized spacial score (nSPS) is 18.9. The van der Waals surface area contributed by atoms with Crippen molar-refractivity contribution in [1.82, 2.24) is 9.97 Å². The van der Waals surface area contributed by atoms with Crippen LogP contribution in [0.25, 0.3) is 0 Å². The minimum atomic E-state index is 0.204. The standard InChI is InChI=1S/C18H21N7/c19-9-11-6-13(21)8-14(7-11)22-18-23-16-3-1-2-15(16)17(24-18)25-5-4-12(20)10-25/h6-8,12H,1-5,10,20-21H2,(H,22,23,24). The van der Waals surface area contributed by atoms with Crippen molar-refractivity contribution in [2.75, 3.05) is 29.0 Å². The monoisotopic (exact) mass is 335 g/mol. The molecule has 1 aromatic heterocycles. The Morgan fingerprint density at radius 1 is 1.24 bits per heavy atom. The highest BCUT2D eigenvalue weighted by Crippen LogP contribution is 2.32. The summed E-state index contributed by atoms with van der Waals surface area (Å²) >= 11 is 0. The molecule has 1 atom stereocenters. The number of aromatic nitrogens is 2.